The number of hydrogen-bond donors (Lipinski definition) is 1. The maximum atomic E-state index is 5.88. The quantitative estimate of drug-likeness (QED) is 0.826. The van der Waals surface area contributed by atoms with Crippen molar-refractivity contribution >= 4 is 0 Å². The van der Waals surface area contributed by atoms with Crippen molar-refractivity contribution < 1.29 is 0 Å². The number of benzene rings is 1. The normalized spacial score (nSPS) is 16.2. The van der Waals surface area contributed by atoms with E-state index in [1.165, 1.54) is 31.2 Å². The number of rotatable bonds is 5. The van der Waals surface area contributed by atoms with Crippen LogP contribution in [-0.4, -0.2) is 6.54 Å². The van der Waals surface area contributed by atoms with Gasteiger partial charge in [-0.2, -0.15) is 0 Å². The standard InChI is InChI=1S/C16H25N/c1-12(2)8-14(11-17)9-13-6-7-15-4-3-5-16(15)10-13/h6-7,10,12,14H,3-5,8-9,11,17H2,1-2H3. The van der Waals surface area contributed by atoms with E-state index in [1.807, 2.05) is 0 Å². The van der Waals surface area contributed by atoms with Crippen molar-refractivity contribution in [1.29, 1.82) is 0 Å². The molecule has 0 aromatic heterocycles. The Balaban J connectivity index is 2.02. The van der Waals surface area contributed by atoms with E-state index < -0.39 is 0 Å². The van der Waals surface area contributed by atoms with Gasteiger partial charge in [-0.3, -0.25) is 0 Å². The molecule has 0 bridgehead atoms. The minimum Gasteiger partial charge on any atom is -0.330 e. The molecule has 94 valence electrons. The molecule has 1 aliphatic rings. The molecule has 0 spiro atoms. The molecule has 0 aliphatic heterocycles. The van der Waals surface area contributed by atoms with E-state index >= 15 is 0 Å². The van der Waals surface area contributed by atoms with E-state index in [0.717, 1.165) is 18.9 Å². The lowest BCUT2D eigenvalue weighted by molar-refractivity contribution is 0.415. The average Bonchev–Trinajstić information content (AvgIpc) is 2.74. The monoisotopic (exact) mass is 231 g/mol. The molecular formula is C16H25N. The summed E-state index contributed by atoms with van der Waals surface area (Å²) in [6.45, 7) is 5.38. The van der Waals surface area contributed by atoms with Crippen LogP contribution in [0.5, 0.6) is 0 Å². The third-order valence-electron chi connectivity index (χ3n) is 3.83. The maximum Gasteiger partial charge on any atom is -0.00456 e. The van der Waals surface area contributed by atoms with Gasteiger partial charge in [0, 0.05) is 0 Å². The summed E-state index contributed by atoms with van der Waals surface area (Å²) >= 11 is 0. The van der Waals surface area contributed by atoms with Crippen LogP contribution in [0.15, 0.2) is 18.2 Å². The maximum absolute atomic E-state index is 5.88. The smallest absolute Gasteiger partial charge is 0.00456 e. The molecule has 1 aliphatic carbocycles. The molecule has 0 radical (unpaired) electrons. The highest BCUT2D eigenvalue weighted by molar-refractivity contribution is 5.35. The molecule has 1 aromatic carbocycles. The molecule has 1 nitrogen and oxygen atoms in total. The zero-order chi connectivity index (χ0) is 12.3. The topological polar surface area (TPSA) is 26.0 Å². The summed E-state index contributed by atoms with van der Waals surface area (Å²) in [7, 11) is 0. The lowest BCUT2D eigenvalue weighted by Gasteiger charge is -2.17. The first-order valence-corrected chi connectivity index (χ1v) is 6.99. The predicted octanol–water partition coefficient (Wildman–Crippen LogP) is 3.34. The largest absolute Gasteiger partial charge is 0.330 e. The molecule has 2 N–H and O–H groups in total. The van der Waals surface area contributed by atoms with Crippen LogP contribution in [0.25, 0.3) is 0 Å². The lowest BCUT2D eigenvalue weighted by Crippen LogP contribution is -2.18. The Labute approximate surface area is 105 Å². The summed E-state index contributed by atoms with van der Waals surface area (Å²) in [5.41, 5.74) is 10.5. The lowest BCUT2D eigenvalue weighted by atomic mass is 9.90. The van der Waals surface area contributed by atoms with Gasteiger partial charge in [-0.25, -0.2) is 0 Å². The molecule has 2 rings (SSSR count). The first-order chi connectivity index (χ1) is 8.19. The number of fused-ring (bicyclic) bond motifs is 1. The van der Waals surface area contributed by atoms with Crippen LogP contribution in [0.1, 0.15) is 43.4 Å². The fourth-order valence-corrected chi connectivity index (χ4v) is 3.02. The zero-order valence-corrected chi connectivity index (χ0v) is 11.2. The fourth-order valence-electron chi connectivity index (χ4n) is 3.02. The molecule has 1 aromatic rings. The molecule has 0 amide bonds. The van der Waals surface area contributed by atoms with Crippen LogP contribution in [-0.2, 0) is 19.3 Å². The highest BCUT2D eigenvalue weighted by atomic mass is 14.5. The van der Waals surface area contributed by atoms with E-state index in [0.29, 0.717) is 5.92 Å². The van der Waals surface area contributed by atoms with Crippen molar-refractivity contribution in [3.05, 3.63) is 34.9 Å². The summed E-state index contributed by atoms with van der Waals surface area (Å²) in [6.07, 6.45) is 6.29. The molecule has 0 saturated carbocycles. The molecule has 0 heterocycles. The van der Waals surface area contributed by atoms with Gasteiger partial charge in [0.05, 0.1) is 0 Å². The summed E-state index contributed by atoms with van der Waals surface area (Å²) in [4.78, 5) is 0. The van der Waals surface area contributed by atoms with Gasteiger partial charge >= 0.3 is 0 Å². The number of nitrogens with two attached hydrogens (primary N) is 1. The molecule has 1 heteroatoms. The van der Waals surface area contributed by atoms with Gasteiger partial charge in [0.1, 0.15) is 0 Å². The minimum absolute atomic E-state index is 0.648. The third kappa shape index (κ3) is 3.32. The second kappa shape index (κ2) is 5.68. The van der Waals surface area contributed by atoms with Gasteiger partial charge in [0.25, 0.3) is 0 Å². The van der Waals surface area contributed by atoms with Crippen molar-refractivity contribution in [2.24, 2.45) is 17.6 Å². The van der Waals surface area contributed by atoms with Gasteiger partial charge in [-0.15, -0.1) is 0 Å². The molecule has 0 fully saturated rings. The summed E-state index contributed by atoms with van der Waals surface area (Å²) < 4.78 is 0. The highest BCUT2D eigenvalue weighted by Gasteiger charge is 2.14. The van der Waals surface area contributed by atoms with Crippen LogP contribution in [0.4, 0.5) is 0 Å². The highest BCUT2D eigenvalue weighted by Crippen LogP contribution is 2.25. The van der Waals surface area contributed by atoms with Crippen LogP contribution >= 0.6 is 0 Å². The third-order valence-corrected chi connectivity index (χ3v) is 3.83. The Morgan fingerprint density at radius 1 is 1.18 bits per heavy atom. The molecule has 1 unspecified atom stereocenters. The predicted molar refractivity (Wildman–Crippen MR) is 74.2 cm³/mol. The van der Waals surface area contributed by atoms with Gasteiger partial charge in [-0.1, -0.05) is 32.0 Å². The zero-order valence-electron chi connectivity index (χ0n) is 11.2. The Kier molecular flexibility index (Phi) is 4.22. The summed E-state index contributed by atoms with van der Waals surface area (Å²) in [6, 6.07) is 7.07. The Morgan fingerprint density at radius 2 is 1.94 bits per heavy atom. The summed E-state index contributed by atoms with van der Waals surface area (Å²) in [5, 5.41) is 0. The van der Waals surface area contributed by atoms with E-state index in [-0.39, 0.29) is 0 Å². The Morgan fingerprint density at radius 3 is 2.65 bits per heavy atom. The van der Waals surface area contributed by atoms with Gasteiger partial charge < -0.3 is 5.73 Å². The summed E-state index contributed by atoms with van der Waals surface area (Å²) in [5.74, 6) is 1.40. The SMILES string of the molecule is CC(C)CC(CN)Cc1ccc2c(c1)CCC2. The van der Waals surface area contributed by atoms with Crippen molar-refractivity contribution in [3.8, 4) is 0 Å². The van der Waals surface area contributed by atoms with Gasteiger partial charge in [0.15, 0.2) is 0 Å². The van der Waals surface area contributed by atoms with Gasteiger partial charge in [-0.05, 0) is 67.2 Å². The van der Waals surface area contributed by atoms with E-state index in [2.05, 4.69) is 32.0 Å². The first kappa shape index (κ1) is 12.6. The van der Waals surface area contributed by atoms with Crippen molar-refractivity contribution in [2.75, 3.05) is 6.54 Å². The molecule has 17 heavy (non-hydrogen) atoms. The molecular weight excluding hydrogens is 206 g/mol. The fraction of sp³-hybridized carbons (Fsp3) is 0.625. The number of hydrogen-bond acceptors (Lipinski definition) is 1. The average molecular weight is 231 g/mol. The van der Waals surface area contributed by atoms with Crippen LogP contribution in [0.3, 0.4) is 0 Å². The van der Waals surface area contributed by atoms with Crippen LogP contribution in [0, 0.1) is 11.8 Å². The Bertz CT molecular complexity index is 368. The van der Waals surface area contributed by atoms with Gasteiger partial charge in [0.2, 0.25) is 0 Å². The van der Waals surface area contributed by atoms with Crippen molar-refractivity contribution in [1.82, 2.24) is 0 Å². The van der Waals surface area contributed by atoms with Crippen LogP contribution in [0.2, 0.25) is 0 Å². The van der Waals surface area contributed by atoms with E-state index in [1.54, 1.807) is 11.1 Å². The Hall–Kier alpha value is -0.820. The second-order valence-corrected chi connectivity index (χ2v) is 5.89. The first-order valence-electron chi connectivity index (χ1n) is 6.99. The number of aryl methyl sites for hydroxylation is 2. The molecule has 1 atom stereocenters. The van der Waals surface area contributed by atoms with Crippen molar-refractivity contribution in [3.63, 3.8) is 0 Å². The second-order valence-electron chi connectivity index (χ2n) is 5.89. The van der Waals surface area contributed by atoms with E-state index in [9.17, 15) is 0 Å². The van der Waals surface area contributed by atoms with Crippen LogP contribution < -0.4 is 5.73 Å². The van der Waals surface area contributed by atoms with E-state index in [4.69, 9.17) is 5.73 Å². The minimum atomic E-state index is 0.648. The molecule has 0 saturated heterocycles. The van der Waals surface area contributed by atoms with Crippen molar-refractivity contribution in [2.45, 2.75) is 46.0 Å².